The summed E-state index contributed by atoms with van der Waals surface area (Å²) in [5.74, 6) is -62.8. The summed E-state index contributed by atoms with van der Waals surface area (Å²) in [6.45, 7) is 0. The van der Waals surface area contributed by atoms with Gasteiger partial charge in [0.05, 0.1) is 0 Å². The Hall–Kier alpha value is -1.58. The topological polar surface area (TPSA) is 12.0 Å². The van der Waals surface area contributed by atoms with E-state index in [-0.39, 0.29) is 0 Å². The Morgan fingerprint density at radius 1 is 0.343 bits per heavy atom. The van der Waals surface area contributed by atoms with Gasteiger partial charge in [0, 0.05) is 0 Å². The van der Waals surface area contributed by atoms with Crippen molar-refractivity contribution >= 4 is 0 Å². The molecule has 2 rings (SSSR count). The first-order valence-electron chi connectivity index (χ1n) is 7.66. The van der Waals surface area contributed by atoms with E-state index < -0.39 is 76.1 Å². The van der Waals surface area contributed by atoms with Gasteiger partial charge in [0.25, 0.3) is 11.1 Å². The summed E-state index contributed by atoms with van der Waals surface area (Å²) in [6, 6.07) is -15.6. The fourth-order valence-corrected chi connectivity index (χ4v) is 3.70. The lowest BCUT2D eigenvalue weighted by Gasteiger charge is -2.63. The summed E-state index contributed by atoms with van der Waals surface area (Å²) in [5, 5.41) is -1.60. The monoisotopic (exact) mass is 577 g/mol. The highest BCUT2D eigenvalue weighted by molar-refractivity contribution is 5.38. The van der Waals surface area contributed by atoms with E-state index in [0.29, 0.717) is 0 Å². The molecule has 0 amide bonds. The van der Waals surface area contributed by atoms with Crippen LogP contribution in [0.2, 0.25) is 0 Å². The van der Waals surface area contributed by atoms with E-state index in [0.717, 1.165) is 0 Å². The number of hydrogen-bond donors (Lipinski definition) is 1. The van der Waals surface area contributed by atoms with Gasteiger partial charge in [0.1, 0.15) is 0 Å². The predicted octanol–water partition coefficient (Wildman–Crippen LogP) is 6.49. The summed E-state index contributed by atoms with van der Waals surface area (Å²) in [4.78, 5) is 0. The number of halogens is 22. The lowest BCUT2D eigenvalue weighted by molar-refractivity contribution is -0.574. The van der Waals surface area contributed by atoms with Crippen molar-refractivity contribution in [2.45, 2.75) is 65.4 Å². The average Bonchev–Trinajstić information content (AvgIpc) is 2.56. The molecule has 0 bridgehead atoms. The summed E-state index contributed by atoms with van der Waals surface area (Å²) in [7, 11) is 0. The summed E-state index contributed by atoms with van der Waals surface area (Å²) < 4.78 is 302. The van der Waals surface area contributed by atoms with Crippen molar-refractivity contribution < 1.29 is 96.6 Å². The van der Waals surface area contributed by atoms with Gasteiger partial charge in [-0.25, -0.2) is 4.39 Å². The maximum absolute atomic E-state index is 15.0. The van der Waals surface area contributed by atoms with Crippen LogP contribution in [0.4, 0.5) is 96.6 Å². The maximum Gasteiger partial charge on any atom is 0.410 e. The molecule has 1 nitrogen and oxygen atoms in total. The van der Waals surface area contributed by atoms with Gasteiger partial charge in [-0.2, -0.15) is 97.5 Å². The minimum Gasteiger partial charge on any atom is -0.228 e. The molecule has 2 fully saturated rings. The number of piperidine rings is 1. The normalized spacial score (nSPS) is 34.1. The van der Waals surface area contributed by atoms with Crippen molar-refractivity contribution in [3.8, 4) is 0 Å². The molecular weight excluding hydrogens is 576 g/mol. The first-order valence-corrected chi connectivity index (χ1v) is 7.66. The van der Waals surface area contributed by atoms with Crippen LogP contribution in [0.15, 0.2) is 0 Å². The molecule has 1 saturated heterocycles. The number of nitrogens with one attached hydrogen (secondary N) is 1. The minimum atomic E-state index is -9.79. The lowest BCUT2D eigenvalue weighted by atomic mass is 9.51. The molecule has 23 heteroatoms. The van der Waals surface area contributed by atoms with Gasteiger partial charge in [0.2, 0.25) is 0 Å². The van der Waals surface area contributed by atoms with Crippen LogP contribution in [0.5, 0.6) is 0 Å². The molecule has 208 valence electrons. The molecule has 1 N–H and O–H groups in total. The molecule has 1 saturated carbocycles. The lowest BCUT2D eigenvalue weighted by Crippen LogP contribution is -2.96. The molecule has 0 aromatic heterocycles. The summed E-state index contributed by atoms with van der Waals surface area (Å²) >= 11 is 0. The smallest absolute Gasteiger partial charge is 0.228 e. The molecule has 0 spiro atoms. The second-order valence-corrected chi connectivity index (χ2v) is 7.20. The Kier molecular flexibility index (Phi) is 5.32. The van der Waals surface area contributed by atoms with E-state index >= 15 is 0 Å². The van der Waals surface area contributed by atoms with Gasteiger partial charge >= 0.3 is 59.7 Å². The molecule has 1 aliphatic heterocycles. The van der Waals surface area contributed by atoms with Crippen LogP contribution in [0, 0.1) is 5.41 Å². The van der Waals surface area contributed by atoms with Crippen LogP contribution < -0.4 is 5.32 Å². The Morgan fingerprint density at radius 3 is 0.800 bits per heavy atom. The Bertz CT molecular complexity index is 837. The molecule has 35 heavy (non-hydrogen) atoms. The van der Waals surface area contributed by atoms with E-state index in [2.05, 4.69) is 0 Å². The van der Waals surface area contributed by atoms with Gasteiger partial charge in [-0.05, 0) is 0 Å². The molecule has 2 aliphatic rings. The minimum absolute atomic E-state index is 1.60. The van der Waals surface area contributed by atoms with Crippen LogP contribution in [0.25, 0.3) is 0 Å². The quantitative estimate of drug-likeness (QED) is 0.278. The third-order valence-corrected chi connectivity index (χ3v) is 5.43. The van der Waals surface area contributed by atoms with Crippen molar-refractivity contribution in [3.63, 3.8) is 0 Å². The van der Waals surface area contributed by atoms with Crippen molar-refractivity contribution in [1.82, 2.24) is 5.32 Å². The fourth-order valence-electron chi connectivity index (χ4n) is 3.70. The highest BCUT2D eigenvalue weighted by atomic mass is 19.4. The number of rotatable bonds is 1. The number of hydrogen-bond acceptors (Lipinski definition) is 1. The molecule has 0 unspecified atom stereocenters. The second-order valence-electron chi connectivity index (χ2n) is 7.20. The van der Waals surface area contributed by atoms with E-state index in [9.17, 15) is 96.6 Å². The van der Waals surface area contributed by atoms with E-state index in [1.54, 1.807) is 0 Å². The third-order valence-electron chi connectivity index (χ3n) is 5.43. The van der Waals surface area contributed by atoms with Gasteiger partial charge in [-0.3, -0.25) is 0 Å². The zero-order chi connectivity index (χ0) is 28.7. The van der Waals surface area contributed by atoms with Crippen LogP contribution in [-0.4, -0.2) is 65.4 Å². The first kappa shape index (κ1) is 29.6. The fraction of sp³-hybridized carbons (Fsp3) is 1.00. The summed E-state index contributed by atoms with van der Waals surface area (Å²) in [6.07, 6.45) is -9.24. The first-order chi connectivity index (χ1) is 14.7. The zero-order valence-corrected chi connectivity index (χ0v) is 14.8. The largest absolute Gasteiger partial charge is 0.410 e. The van der Waals surface area contributed by atoms with Crippen molar-refractivity contribution in [2.24, 2.45) is 5.41 Å². The van der Waals surface area contributed by atoms with E-state index in [1.807, 2.05) is 0 Å². The Morgan fingerprint density at radius 2 is 0.571 bits per heavy atom. The number of alkyl halides is 22. The standard InChI is InChI=1S/C12HF22N/c13-2(5(18,19)11(31,32)35-12(33,34)6(2,20)21)1(10(28,29)30)3(14,15)7(22,23)9(26,27)8(24,25)4(1,16)17/h35H. The van der Waals surface area contributed by atoms with Crippen LogP contribution in [-0.2, 0) is 0 Å². The van der Waals surface area contributed by atoms with Crippen molar-refractivity contribution in [1.29, 1.82) is 0 Å². The van der Waals surface area contributed by atoms with E-state index in [4.69, 9.17) is 0 Å². The highest BCUT2D eigenvalue weighted by Gasteiger charge is 3.14. The van der Waals surface area contributed by atoms with E-state index in [1.165, 1.54) is 0 Å². The molecule has 0 aromatic rings. The van der Waals surface area contributed by atoms with Crippen LogP contribution in [0.3, 0.4) is 0 Å². The SMILES string of the molecule is FC(F)(F)C1(C2(F)C(F)(F)C(F)(F)NC(F)(F)C2(F)F)C(F)(F)C(F)(F)C(F)(F)C(F)(F)C1(F)F. The molecule has 0 aromatic carbocycles. The van der Waals surface area contributed by atoms with Gasteiger partial charge < -0.3 is 0 Å². The van der Waals surface area contributed by atoms with Crippen LogP contribution in [0.1, 0.15) is 0 Å². The summed E-state index contributed by atoms with van der Waals surface area (Å²) in [5.41, 5.74) is -19.4. The maximum atomic E-state index is 15.0. The third kappa shape index (κ3) is 2.37. The molecule has 1 heterocycles. The Balaban J connectivity index is 3.44. The Labute approximate surface area is 174 Å². The predicted molar refractivity (Wildman–Crippen MR) is 60.0 cm³/mol. The average molecular weight is 577 g/mol. The molecule has 0 atom stereocenters. The molecule has 0 radical (unpaired) electrons. The van der Waals surface area contributed by atoms with Gasteiger partial charge in [0.15, 0.2) is 0 Å². The zero-order valence-electron chi connectivity index (χ0n) is 14.8. The molecule has 1 aliphatic carbocycles. The van der Waals surface area contributed by atoms with Gasteiger partial charge in [-0.1, -0.05) is 0 Å². The van der Waals surface area contributed by atoms with Gasteiger partial charge in [-0.15, -0.1) is 0 Å². The second kappa shape index (κ2) is 6.27. The van der Waals surface area contributed by atoms with Crippen LogP contribution >= 0.6 is 0 Å². The van der Waals surface area contributed by atoms with Crippen molar-refractivity contribution in [2.75, 3.05) is 0 Å². The van der Waals surface area contributed by atoms with Crippen molar-refractivity contribution in [3.05, 3.63) is 0 Å². The highest BCUT2D eigenvalue weighted by Crippen LogP contribution is 2.83. The molecular formula is C12HF22N.